The molecule has 0 unspecified atom stereocenters. The molecule has 1 N–H and O–H groups in total. The van der Waals surface area contributed by atoms with Crippen LogP contribution in [-0.4, -0.2) is 25.1 Å². The number of amides is 1. The second-order valence-electron chi connectivity index (χ2n) is 5.61. The lowest BCUT2D eigenvalue weighted by molar-refractivity contribution is -0.118. The fourth-order valence-corrected chi connectivity index (χ4v) is 2.81. The van der Waals surface area contributed by atoms with E-state index >= 15 is 0 Å². The van der Waals surface area contributed by atoms with Crippen LogP contribution in [0.3, 0.4) is 0 Å². The molecule has 0 spiro atoms. The van der Waals surface area contributed by atoms with Crippen LogP contribution in [0.5, 0.6) is 5.75 Å². The van der Waals surface area contributed by atoms with Crippen LogP contribution in [0, 0.1) is 0 Å². The van der Waals surface area contributed by atoms with Crippen LogP contribution >= 0.6 is 11.6 Å². The number of nitrogens with zero attached hydrogens (tertiary/aromatic N) is 1. The Balaban J connectivity index is 1.70. The topological polar surface area (TPSA) is 41.6 Å². The summed E-state index contributed by atoms with van der Waals surface area (Å²) in [5.74, 6) is 0.853. The molecule has 23 heavy (non-hydrogen) atoms. The molecule has 1 amide bonds. The Hall–Kier alpha value is -2.20. The highest BCUT2D eigenvalue weighted by molar-refractivity contribution is 6.30. The molecule has 0 fully saturated rings. The minimum absolute atomic E-state index is 0.106. The van der Waals surface area contributed by atoms with Gasteiger partial charge in [0.25, 0.3) is 0 Å². The van der Waals surface area contributed by atoms with E-state index in [2.05, 4.69) is 5.32 Å². The first-order valence-electron chi connectivity index (χ1n) is 7.68. The fraction of sp³-hybridized carbons (Fsp3) is 0.278. The lowest BCUT2D eigenvalue weighted by atomic mass is 10.2. The number of hydrogen-bond donors (Lipinski definition) is 1. The SMILES string of the molecule is C[C@H]1CC(=O)N(CCOc2ccc(Cl)cc2)c2ccccc2N1. The molecule has 120 valence electrons. The lowest BCUT2D eigenvalue weighted by Crippen LogP contribution is -2.35. The van der Waals surface area contributed by atoms with Crippen LogP contribution in [0.4, 0.5) is 11.4 Å². The molecule has 1 heterocycles. The van der Waals surface area contributed by atoms with Gasteiger partial charge in [0.15, 0.2) is 0 Å². The van der Waals surface area contributed by atoms with Gasteiger partial charge in [-0.25, -0.2) is 0 Å². The predicted octanol–water partition coefficient (Wildman–Crippen LogP) is 3.96. The quantitative estimate of drug-likeness (QED) is 0.922. The van der Waals surface area contributed by atoms with E-state index in [0.29, 0.717) is 24.6 Å². The Morgan fingerprint density at radius 1 is 1.22 bits per heavy atom. The average Bonchev–Trinajstić information content (AvgIpc) is 2.65. The largest absolute Gasteiger partial charge is 0.492 e. The maximum atomic E-state index is 12.5. The van der Waals surface area contributed by atoms with Crippen LogP contribution in [0.2, 0.25) is 5.02 Å². The second kappa shape index (κ2) is 6.92. The number of rotatable bonds is 4. The third kappa shape index (κ3) is 3.77. The van der Waals surface area contributed by atoms with Gasteiger partial charge in [-0.3, -0.25) is 4.79 Å². The van der Waals surface area contributed by atoms with E-state index in [4.69, 9.17) is 16.3 Å². The minimum Gasteiger partial charge on any atom is -0.492 e. The number of ether oxygens (including phenoxy) is 1. The Morgan fingerprint density at radius 3 is 2.74 bits per heavy atom. The van der Waals surface area contributed by atoms with Crippen molar-refractivity contribution in [3.05, 3.63) is 53.6 Å². The Kier molecular flexibility index (Phi) is 4.72. The zero-order chi connectivity index (χ0) is 16.2. The van der Waals surface area contributed by atoms with Crippen LogP contribution in [0.15, 0.2) is 48.5 Å². The molecular weight excluding hydrogens is 312 g/mol. The van der Waals surface area contributed by atoms with Gasteiger partial charge in [0.05, 0.1) is 17.9 Å². The van der Waals surface area contributed by atoms with E-state index in [-0.39, 0.29) is 11.9 Å². The number of benzene rings is 2. The van der Waals surface area contributed by atoms with Gasteiger partial charge >= 0.3 is 0 Å². The first-order chi connectivity index (χ1) is 11.1. The Morgan fingerprint density at radius 2 is 1.96 bits per heavy atom. The normalized spacial score (nSPS) is 17.2. The van der Waals surface area contributed by atoms with Crippen LogP contribution in [0.1, 0.15) is 13.3 Å². The molecule has 5 heteroatoms. The van der Waals surface area contributed by atoms with Gasteiger partial charge in [-0.05, 0) is 43.3 Å². The number of anilines is 2. The minimum atomic E-state index is 0.106. The molecule has 1 aliphatic heterocycles. The van der Waals surface area contributed by atoms with E-state index in [1.54, 1.807) is 17.0 Å². The first-order valence-corrected chi connectivity index (χ1v) is 8.05. The van der Waals surface area contributed by atoms with Crippen molar-refractivity contribution in [2.75, 3.05) is 23.4 Å². The summed E-state index contributed by atoms with van der Waals surface area (Å²) in [6.07, 6.45) is 0.468. The van der Waals surface area contributed by atoms with Crippen molar-refractivity contribution in [1.82, 2.24) is 0 Å². The molecule has 1 atom stereocenters. The number of nitrogens with one attached hydrogen (secondary N) is 1. The zero-order valence-corrected chi connectivity index (χ0v) is 13.7. The number of hydrogen-bond acceptors (Lipinski definition) is 3. The zero-order valence-electron chi connectivity index (χ0n) is 13.0. The fourth-order valence-electron chi connectivity index (χ4n) is 2.68. The predicted molar refractivity (Wildman–Crippen MR) is 93.4 cm³/mol. The summed E-state index contributed by atoms with van der Waals surface area (Å²) in [6.45, 7) is 2.95. The highest BCUT2D eigenvalue weighted by Gasteiger charge is 2.24. The third-order valence-corrected chi connectivity index (χ3v) is 4.03. The Bertz CT molecular complexity index is 688. The van der Waals surface area contributed by atoms with Crippen LogP contribution < -0.4 is 15.0 Å². The number of halogens is 1. The van der Waals surface area contributed by atoms with Crippen LogP contribution in [0.25, 0.3) is 0 Å². The highest BCUT2D eigenvalue weighted by Crippen LogP contribution is 2.30. The van der Waals surface area contributed by atoms with Gasteiger partial charge in [-0.1, -0.05) is 23.7 Å². The van der Waals surface area contributed by atoms with Gasteiger partial charge in [0, 0.05) is 17.5 Å². The standard InChI is InChI=1S/C18H19ClN2O2/c1-13-12-18(22)21(17-5-3-2-4-16(17)20-13)10-11-23-15-8-6-14(19)7-9-15/h2-9,13,20H,10-12H2,1H3/t13-/m0/s1. The van der Waals surface area contributed by atoms with Gasteiger partial charge in [-0.2, -0.15) is 0 Å². The number of carbonyl (C=O) groups is 1. The van der Waals surface area contributed by atoms with Crippen molar-refractivity contribution >= 4 is 28.9 Å². The molecule has 4 nitrogen and oxygen atoms in total. The van der Waals surface area contributed by atoms with E-state index in [1.165, 1.54) is 0 Å². The summed E-state index contributed by atoms with van der Waals surface area (Å²) in [5, 5.41) is 4.05. The summed E-state index contributed by atoms with van der Waals surface area (Å²) < 4.78 is 5.72. The number of fused-ring (bicyclic) bond motifs is 1. The van der Waals surface area contributed by atoms with Crippen molar-refractivity contribution in [2.45, 2.75) is 19.4 Å². The van der Waals surface area contributed by atoms with Crippen molar-refractivity contribution in [3.63, 3.8) is 0 Å². The second-order valence-corrected chi connectivity index (χ2v) is 6.05. The summed E-state index contributed by atoms with van der Waals surface area (Å²) in [7, 11) is 0. The van der Waals surface area contributed by atoms with Gasteiger partial charge in [0.2, 0.25) is 5.91 Å². The van der Waals surface area contributed by atoms with Gasteiger partial charge in [-0.15, -0.1) is 0 Å². The molecule has 0 aromatic heterocycles. The molecule has 2 aromatic rings. The molecule has 0 saturated heterocycles. The van der Waals surface area contributed by atoms with Crippen LogP contribution in [-0.2, 0) is 4.79 Å². The van der Waals surface area contributed by atoms with Crippen molar-refractivity contribution in [3.8, 4) is 5.75 Å². The monoisotopic (exact) mass is 330 g/mol. The summed E-state index contributed by atoms with van der Waals surface area (Å²) in [4.78, 5) is 14.3. The lowest BCUT2D eigenvalue weighted by Gasteiger charge is -2.22. The summed E-state index contributed by atoms with van der Waals surface area (Å²) in [6, 6.07) is 15.2. The Labute approximate surface area is 141 Å². The molecule has 0 aliphatic carbocycles. The molecular formula is C18H19ClN2O2. The van der Waals surface area contributed by atoms with Gasteiger partial charge in [0.1, 0.15) is 12.4 Å². The highest BCUT2D eigenvalue weighted by atomic mass is 35.5. The molecule has 0 bridgehead atoms. The molecule has 0 saturated carbocycles. The number of para-hydroxylation sites is 2. The van der Waals surface area contributed by atoms with E-state index in [0.717, 1.165) is 17.1 Å². The molecule has 3 rings (SSSR count). The van der Waals surface area contributed by atoms with Gasteiger partial charge < -0.3 is 15.0 Å². The average molecular weight is 331 g/mol. The van der Waals surface area contributed by atoms with E-state index in [1.807, 2.05) is 43.3 Å². The molecule has 2 aromatic carbocycles. The third-order valence-electron chi connectivity index (χ3n) is 3.78. The van der Waals surface area contributed by atoms with Crippen molar-refractivity contribution < 1.29 is 9.53 Å². The molecule has 0 radical (unpaired) electrons. The summed E-state index contributed by atoms with van der Waals surface area (Å²) >= 11 is 5.86. The van der Waals surface area contributed by atoms with E-state index < -0.39 is 0 Å². The molecule has 1 aliphatic rings. The first kappa shape index (κ1) is 15.7. The van der Waals surface area contributed by atoms with Crippen molar-refractivity contribution in [2.24, 2.45) is 0 Å². The number of carbonyl (C=O) groups excluding carboxylic acids is 1. The summed E-state index contributed by atoms with van der Waals surface area (Å²) in [5.41, 5.74) is 1.89. The maximum Gasteiger partial charge on any atom is 0.229 e. The maximum absolute atomic E-state index is 12.5. The van der Waals surface area contributed by atoms with E-state index in [9.17, 15) is 4.79 Å². The van der Waals surface area contributed by atoms with Crippen molar-refractivity contribution in [1.29, 1.82) is 0 Å². The smallest absolute Gasteiger partial charge is 0.229 e.